The average molecular weight is 440 g/mol. The van der Waals surface area contributed by atoms with E-state index in [1.165, 1.54) is 0 Å². The van der Waals surface area contributed by atoms with Gasteiger partial charge < -0.3 is 19.9 Å². The lowest BCUT2D eigenvalue weighted by molar-refractivity contribution is 0.0818. The molecular weight excluding hydrogens is 414 g/mol. The van der Waals surface area contributed by atoms with Crippen LogP contribution in [-0.2, 0) is 11.3 Å². The van der Waals surface area contributed by atoms with Crippen LogP contribution in [0.4, 0.5) is 10.5 Å². The maximum absolute atomic E-state index is 13.1. The zero-order chi connectivity index (χ0) is 22.0. The zero-order valence-electron chi connectivity index (χ0n) is 17.7. The van der Waals surface area contributed by atoms with E-state index in [-0.39, 0.29) is 24.2 Å². The molecule has 1 aromatic heterocycles. The van der Waals surface area contributed by atoms with Crippen LogP contribution in [0.3, 0.4) is 0 Å². The van der Waals surface area contributed by atoms with Crippen LogP contribution in [0, 0.1) is 13.8 Å². The molecule has 1 fully saturated rings. The predicted molar refractivity (Wildman–Crippen MR) is 124 cm³/mol. The van der Waals surface area contributed by atoms with Crippen molar-refractivity contribution in [1.29, 1.82) is 0 Å². The molecule has 1 atom stereocenters. The van der Waals surface area contributed by atoms with Gasteiger partial charge in [0.05, 0.1) is 23.4 Å². The van der Waals surface area contributed by atoms with Crippen molar-refractivity contribution < 1.29 is 9.53 Å². The van der Waals surface area contributed by atoms with E-state index in [0.29, 0.717) is 29.4 Å². The number of aryl methyl sites for hydroxylation is 2. The molecule has 2 aromatic carbocycles. The molecule has 0 spiro atoms. The Morgan fingerprint density at radius 2 is 2.06 bits per heavy atom. The number of hydrogen-bond donors (Lipinski definition) is 2. The van der Waals surface area contributed by atoms with Gasteiger partial charge in [0.25, 0.3) is 5.56 Å². The highest BCUT2D eigenvalue weighted by Gasteiger charge is 2.24. The van der Waals surface area contributed by atoms with Gasteiger partial charge in [-0.3, -0.25) is 4.79 Å². The predicted octanol–water partition coefficient (Wildman–Crippen LogP) is 5.01. The molecule has 0 bridgehead atoms. The Hall–Kier alpha value is -2.83. The molecule has 4 rings (SSSR count). The Morgan fingerprint density at radius 1 is 1.26 bits per heavy atom. The second kappa shape index (κ2) is 9.12. The number of halogens is 1. The first-order valence-electron chi connectivity index (χ1n) is 10.5. The van der Waals surface area contributed by atoms with Crippen molar-refractivity contribution in [1.82, 2.24) is 9.88 Å². The van der Waals surface area contributed by atoms with Crippen molar-refractivity contribution in [3.8, 4) is 0 Å². The Balaban J connectivity index is 1.64. The van der Waals surface area contributed by atoms with Crippen LogP contribution < -0.4 is 10.9 Å². The van der Waals surface area contributed by atoms with Crippen LogP contribution in [-0.4, -0.2) is 35.2 Å². The van der Waals surface area contributed by atoms with Gasteiger partial charge in [-0.2, -0.15) is 0 Å². The first-order valence-corrected chi connectivity index (χ1v) is 10.8. The lowest BCUT2D eigenvalue weighted by Crippen LogP contribution is -2.40. The molecule has 2 N–H and O–H groups in total. The number of pyridine rings is 1. The van der Waals surface area contributed by atoms with Crippen LogP contribution in [0.15, 0.2) is 47.3 Å². The number of hydrogen-bond acceptors (Lipinski definition) is 3. The Labute approximate surface area is 186 Å². The average Bonchev–Trinajstić information content (AvgIpc) is 3.23. The van der Waals surface area contributed by atoms with Crippen LogP contribution in [0.1, 0.15) is 29.5 Å². The molecular formula is C24H26ClN3O3. The van der Waals surface area contributed by atoms with E-state index in [1.807, 2.05) is 32.0 Å². The largest absolute Gasteiger partial charge is 0.376 e. The Morgan fingerprint density at radius 3 is 2.81 bits per heavy atom. The van der Waals surface area contributed by atoms with Gasteiger partial charge >= 0.3 is 6.03 Å². The van der Waals surface area contributed by atoms with Crippen LogP contribution in [0.5, 0.6) is 0 Å². The molecule has 0 aliphatic carbocycles. The number of H-pyrrole nitrogens is 1. The monoisotopic (exact) mass is 439 g/mol. The van der Waals surface area contributed by atoms with Gasteiger partial charge in [0.15, 0.2) is 0 Å². The molecule has 2 amide bonds. The molecule has 0 radical (unpaired) electrons. The quantitative estimate of drug-likeness (QED) is 0.586. The number of benzene rings is 2. The highest BCUT2D eigenvalue weighted by molar-refractivity contribution is 6.33. The fourth-order valence-corrected chi connectivity index (χ4v) is 4.23. The molecule has 1 saturated heterocycles. The summed E-state index contributed by atoms with van der Waals surface area (Å²) in [6.07, 6.45) is 1.82. The van der Waals surface area contributed by atoms with Crippen molar-refractivity contribution in [3.05, 3.63) is 74.5 Å². The maximum atomic E-state index is 13.1. The van der Waals surface area contributed by atoms with Gasteiger partial charge in [-0.15, -0.1) is 0 Å². The number of nitrogens with one attached hydrogen (secondary N) is 2. The summed E-state index contributed by atoms with van der Waals surface area (Å²) in [7, 11) is 0. The van der Waals surface area contributed by atoms with E-state index in [1.54, 1.807) is 23.1 Å². The first kappa shape index (κ1) is 21.4. The number of urea groups is 1. The summed E-state index contributed by atoms with van der Waals surface area (Å²) in [4.78, 5) is 30.5. The second-order valence-corrected chi connectivity index (χ2v) is 8.50. The molecule has 1 aliphatic rings. The van der Waals surface area contributed by atoms with E-state index >= 15 is 0 Å². The normalized spacial score (nSPS) is 15.9. The van der Waals surface area contributed by atoms with Gasteiger partial charge in [-0.1, -0.05) is 29.8 Å². The first-order chi connectivity index (χ1) is 14.9. The number of nitrogens with zero attached hydrogens (tertiary/aromatic N) is 1. The minimum Gasteiger partial charge on any atom is -0.376 e. The number of ether oxygens (including phenoxy) is 1. The SMILES string of the molecule is Cc1cc(C)c2cc(CN(C[C@H]3CCCO3)C(=O)Nc3ccccc3Cl)c(=O)[nH]c2c1. The molecule has 2 heterocycles. The van der Waals surface area contributed by atoms with E-state index in [9.17, 15) is 9.59 Å². The van der Waals surface area contributed by atoms with Gasteiger partial charge in [-0.05, 0) is 62.1 Å². The van der Waals surface area contributed by atoms with Gasteiger partial charge in [0.2, 0.25) is 0 Å². The number of amides is 2. The van der Waals surface area contributed by atoms with E-state index in [0.717, 1.165) is 34.9 Å². The number of aromatic amines is 1. The van der Waals surface area contributed by atoms with E-state index in [2.05, 4.69) is 16.4 Å². The fraction of sp³-hybridized carbons (Fsp3) is 0.333. The second-order valence-electron chi connectivity index (χ2n) is 8.09. The van der Waals surface area contributed by atoms with E-state index in [4.69, 9.17) is 16.3 Å². The molecule has 0 unspecified atom stereocenters. The van der Waals surface area contributed by atoms with Crippen molar-refractivity contribution in [3.63, 3.8) is 0 Å². The summed E-state index contributed by atoms with van der Waals surface area (Å²) in [5.74, 6) is 0. The van der Waals surface area contributed by atoms with E-state index < -0.39 is 0 Å². The van der Waals surface area contributed by atoms with Crippen molar-refractivity contribution in [2.24, 2.45) is 0 Å². The third kappa shape index (κ3) is 4.92. The van der Waals surface area contributed by atoms with Gasteiger partial charge in [0.1, 0.15) is 0 Å². The Bertz CT molecular complexity index is 1170. The minimum atomic E-state index is -0.316. The number of carbonyl (C=O) groups is 1. The molecule has 7 heteroatoms. The molecule has 162 valence electrons. The van der Waals surface area contributed by atoms with Crippen LogP contribution in [0.2, 0.25) is 5.02 Å². The molecule has 6 nitrogen and oxygen atoms in total. The number of fused-ring (bicyclic) bond motifs is 1. The minimum absolute atomic E-state index is 0.0408. The van der Waals surface area contributed by atoms with Crippen molar-refractivity contribution in [2.45, 2.75) is 39.3 Å². The van der Waals surface area contributed by atoms with Crippen molar-refractivity contribution in [2.75, 3.05) is 18.5 Å². The molecule has 3 aromatic rings. The standard InChI is InChI=1S/C24H26ClN3O3/c1-15-10-16(2)19-12-17(23(29)26-22(19)11-15)13-28(14-18-6-5-9-31-18)24(30)27-21-8-4-3-7-20(21)25/h3-4,7-8,10-12,18H,5-6,9,13-14H2,1-2H3,(H,26,29)(H,27,30)/t18-/m1/s1. The molecule has 0 saturated carbocycles. The zero-order valence-corrected chi connectivity index (χ0v) is 18.5. The molecule has 31 heavy (non-hydrogen) atoms. The lowest BCUT2D eigenvalue weighted by Gasteiger charge is -2.26. The highest BCUT2D eigenvalue weighted by atomic mass is 35.5. The molecule has 1 aliphatic heterocycles. The van der Waals surface area contributed by atoms with Crippen LogP contribution >= 0.6 is 11.6 Å². The third-order valence-electron chi connectivity index (χ3n) is 5.60. The van der Waals surface area contributed by atoms with Gasteiger partial charge in [-0.25, -0.2) is 4.79 Å². The highest BCUT2D eigenvalue weighted by Crippen LogP contribution is 2.23. The summed E-state index contributed by atoms with van der Waals surface area (Å²) < 4.78 is 5.74. The third-order valence-corrected chi connectivity index (χ3v) is 5.93. The van der Waals surface area contributed by atoms with Crippen LogP contribution in [0.25, 0.3) is 10.9 Å². The summed E-state index contributed by atoms with van der Waals surface area (Å²) >= 11 is 6.21. The number of para-hydroxylation sites is 1. The summed E-state index contributed by atoms with van der Waals surface area (Å²) in [5, 5.41) is 4.30. The number of anilines is 1. The summed E-state index contributed by atoms with van der Waals surface area (Å²) in [6, 6.07) is 12.7. The summed E-state index contributed by atoms with van der Waals surface area (Å²) in [5.41, 5.74) is 3.85. The number of aromatic nitrogens is 1. The number of carbonyl (C=O) groups excluding carboxylic acids is 1. The Kier molecular flexibility index (Phi) is 6.30. The fourth-order valence-electron chi connectivity index (χ4n) is 4.05. The number of rotatable bonds is 5. The topological polar surface area (TPSA) is 74.4 Å². The lowest BCUT2D eigenvalue weighted by atomic mass is 10.0. The summed E-state index contributed by atoms with van der Waals surface area (Å²) in [6.45, 7) is 5.29. The van der Waals surface area contributed by atoms with Gasteiger partial charge in [0, 0.05) is 29.6 Å². The maximum Gasteiger partial charge on any atom is 0.322 e. The smallest absolute Gasteiger partial charge is 0.322 e. The van der Waals surface area contributed by atoms with Crippen molar-refractivity contribution >= 4 is 34.2 Å².